The Hall–Kier alpha value is -2.18. The Kier molecular flexibility index (Phi) is 6.29. The molecule has 3 rings (SSSR count). The molecule has 1 amide bonds. The second-order valence-corrected chi connectivity index (χ2v) is 6.69. The van der Waals surface area contributed by atoms with Crippen LogP contribution in [0.5, 0.6) is 0 Å². The summed E-state index contributed by atoms with van der Waals surface area (Å²) in [5.74, 6) is -0.394. The van der Waals surface area contributed by atoms with Crippen LogP contribution in [0.25, 0.3) is 10.9 Å². The predicted octanol–water partition coefficient (Wildman–Crippen LogP) is 5.09. The molecule has 0 saturated heterocycles. The Morgan fingerprint density at radius 3 is 2.37 bits per heavy atom. The van der Waals surface area contributed by atoms with Crippen LogP contribution in [0.4, 0.5) is 5.69 Å². The number of methoxy groups -OCH3 is 2. The minimum atomic E-state index is -0.394. The highest BCUT2D eigenvalue weighted by molar-refractivity contribution is 6.40. The molecular formula is C20H18Cl2N2O3. The zero-order valence-corrected chi connectivity index (χ0v) is 16.4. The van der Waals surface area contributed by atoms with E-state index < -0.39 is 5.91 Å². The van der Waals surface area contributed by atoms with E-state index in [-0.39, 0.29) is 15.6 Å². The highest BCUT2D eigenvalue weighted by Gasteiger charge is 2.17. The van der Waals surface area contributed by atoms with E-state index in [1.54, 1.807) is 44.7 Å². The standard InChI is InChI=1S/C20H18Cl2N2O3/c1-26-10-12-9-23-19-13(14(12)11-27-2)5-3-8-17(19)24-20(25)18-15(21)6-4-7-16(18)22/h3-9H,10-11H2,1-2H3,(H,24,25). The van der Waals surface area contributed by atoms with Crippen molar-refractivity contribution in [3.05, 3.63) is 69.3 Å². The van der Waals surface area contributed by atoms with Gasteiger partial charge in [0.1, 0.15) is 0 Å². The van der Waals surface area contributed by atoms with Gasteiger partial charge in [-0.05, 0) is 23.8 Å². The number of hydrogen-bond acceptors (Lipinski definition) is 4. The van der Waals surface area contributed by atoms with Gasteiger partial charge in [0.25, 0.3) is 5.91 Å². The maximum Gasteiger partial charge on any atom is 0.258 e. The first-order valence-electron chi connectivity index (χ1n) is 8.19. The lowest BCUT2D eigenvalue weighted by Crippen LogP contribution is -2.14. The predicted molar refractivity (Wildman–Crippen MR) is 108 cm³/mol. The van der Waals surface area contributed by atoms with Gasteiger partial charge in [-0.2, -0.15) is 0 Å². The van der Waals surface area contributed by atoms with Crippen LogP contribution in [0.2, 0.25) is 10.0 Å². The molecule has 0 atom stereocenters. The van der Waals surface area contributed by atoms with Crippen molar-refractivity contribution < 1.29 is 14.3 Å². The summed E-state index contributed by atoms with van der Waals surface area (Å²) in [6, 6.07) is 10.5. The van der Waals surface area contributed by atoms with Gasteiger partial charge in [0.15, 0.2) is 0 Å². The van der Waals surface area contributed by atoms with Crippen molar-refractivity contribution >= 4 is 45.7 Å². The van der Waals surface area contributed by atoms with E-state index in [0.717, 1.165) is 16.5 Å². The van der Waals surface area contributed by atoms with Crippen LogP contribution in [0.3, 0.4) is 0 Å². The first-order valence-corrected chi connectivity index (χ1v) is 8.95. The molecule has 0 aliphatic carbocycles. The molecular weight excluding hydrogens is 387 g/mol. The number of para-hydroxylation sites is 1. The van der Waals surface area contributed by atoms with Crippen LogP contribution >= 0.6 is 23.2 Å². The van der Waals surface area contributed by atoms with E-state index in [4.69, 9.17) is 32.7 Å². The summed E-state index contributed by atoms with van der Waals surface area (Å²) in [7, 11) is 3.26. The number of anilines is 1. The average molecular weight is 405 g/mol. The number of fused-ring (bicyclic) bond motifs is 1. The van der Waals surface area contributed by atoms with Gasteiger partial charge in [-0.25, -0.2) is 0 Å². The number of amides is 1. The van der Waals surface area contributed by atoms with E-state index >= 15 is 0 Å². The van der Waals surface area contributed by atoms with Gasteiger partial charge in [-0.1, -0.05) is 41.4 Å². The molecule has 1 aromatic heterocycles. The summed E-state index contributed by atoms with van der Waals surface area (Å²) in [6.07, 6.45) is 1.73. The molecule has 0 aliphatic rings. The molecule has 0 aliphatic heterocycles. The van der Waals surface area contributed by atoms with E-state index in [9.17, 15) is 4.79 Å². The number of aromatic nitrogens is 1. The van der Waals surface area contributed by atoms with Gasteiger partial charge in [0, 0.05) is 31.4 Å². The molecule has 1 heterocycles. The fourth-order valence-corrected chi connectivity index (χ4v) is 3.48. The topological polar surface area (TPSA) is 60.5 Å². The lowest BCUT2D eigenvalue weighted by Gasteiger charge is -2.14. The number of benzene rings is 2. The Morgan fingerprint density at radius 1 is 1.04 bits per heavy atom. The third-order valence-corrected chi connectivity index (χ3v) is 4.75. The lowest BCUT2D eigenvalue weighted by atomic mass is 10.0. The van der Waals surface area contributed by atoms with Crippen LogP contribution in [0.1, 0.15) is 21.5 Å². The summed E-state index contributed by atoms with van der Waals surface area (Å²) >= 11 is 12.3. The first-order chi connectivity index (χ1) is 13.1. The van der Waals surface area contributed by atoms with Crippen LogP contribution in [-0.4, -0.2) is 25.1 Å². The second-order valence-electron chi connectivity index (χ2n) is 5.88. The first kappa shape index (κ1) is 19.6. The van der Waals surface area contributed by atoms with Crippen molar-refractivity contribution in [2.45, 2.75) is 13.2 Å². The average Bonchev–Trinajstić information content (AvgIpc) is 2.64. The Morgan fingerprint density at radius 2 is 1.70 bits per heavy atom. The number of hydrogen-bond donors (Lipinski definition) is 1. The second kappa shape index (κ2) is 8.67. The van der Waals surface area contributed by atoms with E-state index in [0.29, 0.717) is 24.4 Å². The maximum absolute atomic E-state index is 12.7. The summed E-state index contributed by atoms with van der Waals surface area (Å²) in [6.45, 7) is 0.832. The Bertz CT molecular complexity index is 972. The number of nitrogens with zero attached hydrogens (tertiary/aromatic N) is 1. The smallest absolute Gasteiger partial charge is 0.258 e. The summed E-state index contributed by atoms with van der Waals surface area (Å²) in [5, 5.41) is 4.32. The molecule has 2 aromatic carbocycles. The number of nitrogens with one attached hydrogen (secondary N) is 1. The molecule has 0 fully saturated rings. The molecule has 0 unspecified atom stereocenters. The monoisotopic (exact) mass is 404 g/mol. The van der Waals surface area contributed by atoms with Crippen LogP contribution in [0, 0.1) is 0 Å². The van der Waals surface area contributed by atoms with Gasteiger partial charge in [-0.15, -0.1) is 0 Å². The lowest BCUT2D eigenvalue weighted by molar-refractivity contribution is 0.102. The minimum Gasteiger partial charge on any atom is -0.380 e. The van der Waals surface area contributed by atoms with Crippen molar-refractivity contribution in [1.29, 1.82) is 0 Å². The normalized spacial score (nSPS) is 11.0. The molecule has 140 valence electrons. The zero-order chi connectivity index (χ0) is 19.4. The highest BCUT2D eigenvalue weighted by Crippen LogP contribution is 2.30. The number of carbonyl (C=O) groups is 1. The van der Waals surface area contributed by atoms with Gasteiger partial charge in [0.05, 0.1) is 40.0 Å². The number of carbonyl (C=O) groups excluding carboxylic acids is 1. The van der Waals surface area contributed by atoms with Gasteiger partial charge in [-0.3, -0.25) is 9.78 Å². The molecule has 1 N–H and O–H groups in total. The molecule has 0 saturated carbocycles. The van der Waals surface area contributed by atoms with E-state index in [2.05, 4.69) is 10.3 Å². The number of halogens is 2. The quantitative estimate of drug-likeness (QED) is 0.621. The molecule has 5 nitrogen and oxygen atoms in total. The molecule has 0 radical (unpaired) electrons. The van der Waals surface area contributed by atoms with Crippen molar-refractivity contribution in [2.75, 3.05) is 19.5 Å². The number of ether oxygens (including phenoxy) is 2. The van der Waals surface area contributed by atoms with Crippen molar-refractivity contribution in [3.63, 3.8) is 0 Å². The van der Waals surface area contributed by atoms with Crippen molar-refractivity contribution in [3.8, 4) is 0 Å². The Labute approximate surface area is 167 Å². The van der Waals surface area contributed by atoms with Gasteiger partial charge >= 0.3 is 0 Å². The maximum atomic E-state index is 12.7. The van der Waals surface area contributed by atoms with Crippen molar-refractivity contribution in [2.24, 2.45) is 0 Å². The van der Waals surface area contributed by atoms with Crippen LogP contribution < -0.4 is 5.32 Å². The summed E-state index contributed by atoms with van der Waals surface area (Å²) < 4.78 is 10.6. The van der Waals surface area contributed by atoms with Crippen molar-refractivity contribution in [1.82, 2.24) is 4.98 Å². The third kappa shape index (κ3) is 4.06. The molecule has 7 heteroatoms. The SMILES string of the molecule is COCc1cnc2c(NC(=O)c3c(Cl)cccc3Cl)cccc2c1COC. The number of pyridine rings is 1. The largest absolute Gasteiger partial charge is 0.380 e. The molecule has 27 heavy (non-hydrogen) atoms. The summed E-state index contributed by atoms with van der Waals surface area (Å²) in [5.41, 5.74) is 3.35. The third-order valence-electron chi connectivity index (χ3n) is 4.12. The Balaban J connectivity index is 2.05. The van der Waals surface area contributed by atoms with E-state index in [1.807, 2.05) is 12.1 Å². The molecule has 3 aromatic rings. The zero-order valence-electron chi connectivity index (χ0n) is 14.9. The number of rotatable bonds is 6. The van der Waals surface area contributed by atoms with Crippen LogP contribution in [0.15, 0.2) is 42.6 Å². The van der Waals surface area contributed by atoms with Gasteiger partial charge < -0.3 is 14.8 Å². The minimum absolute atomic E-state index is 0.228. The highest BCUT2D eigenvalue weighted by atomic mass is 35.5. The fourth-order valence-electron chi connectivity index (χ4n) is 2.91. The molecule has 0 spiro atoms. The molecule has 0 bridgehead atoms. The van der Waals surface area contributed by atoms with Gasteiger partial charge in [0.2, 0.25) is 0 Å². The van der Waals surface area contributed by atoms with Crippen LogP contribution in [-0.2, 0) is 22.7 Å². The van der Waals surface area contributed by atoms with E-state index in [1.165, 1.54) is 0 Å². The summed E-state index contributed by atoms with van der Waals surface area (Å²) in [4.78, 5) is 17.2. The fraction of sp³-hybridized carbons (Fsp3) is 0.200.